The third-order valence-electron chi connectivity index (χ3n) is 20.7. The van der Waals surface area contributed by atoms with E-state index in [2.05, 4.69) is 5.32 Å². The molecule has 0 aromatic rings. The maximum absolute atomic E-state index is 13.0. The third kappa shape index (κ3) is 19.1. The van der Waals surface area contributed by atoms with Crippen LogP contribution in [0.5, 0.6) is 0 Å². The van der Waals surface area contributed by atoms with Gasteiger partial charge >= 0.3 is 5.97 Å². The fourth-order valence-electron chi connectivity index (χ4n) is 14.9. The van der Waals surface area contributed by atoms with Crippen molar-refractivity contribution in [1.82, 2.24) is 5.32 Å². The van der Waals surface area contributed by atoms with Crippen molar-refractivity contribution in [2.24, 2.45) is 35.5 Å². The molecule has 7 heterocycles. The van der Waals surface area contributed by atoms with Crippen molar-refractivity contribution in [3.63, 3.8) is 0 Å². The minimum atomic E-state index is -2.11. The van der Waals surface area contributed by atoms with Gasteiger partial charge in [-0.05, 0) is 57.3 Å². The molecule has 0 aliphatic carbocycles. The molecule has 7 aliphatic rings. The number of rotatable bonds is 28. The van der Waals surface area contributed by atoms with Gasteiger partial charge in [-0.3, -0.25) is 4.79 Å². The number of hydrogen-bond acceptors (Lipinski definition) is 38. The molecular formula is C62H97NO39-4. The van der Waals surface area contributed by atoms with Crippen LogP contribution < -0.4 is 25.7 Å². The zero-order chi connectivity index (χ0) is 75.8. The second-order valence-corrected chi connectivity index (χ2v) is 26.6. The minimum Gasteiger partial charge on any atom is -0.547 e. The number of nitrogens with one attached hydrogen (secondary N) is 1. The van der Waals surface area contributed by atoms with E-state index in [0.29, 0.717) is 12.6 Å². The molecule has 7 saturated heterocycles. The third-order valence-corrected chi connectivity index (χ3v) is 20.7. The first-order valence-electron chi connectivity index (χ1n) is 32.8. The number of aliphatic hydroxyl groups excluding tert-OH is 17. The number of carboxylic acid groups (broad SMARTS) is 5. The minimum absolute atomic E-state index is 0. The van der Waals surface area contributed by atoms with E-state index < -0.39 is 311 Å². The SMILES string of the molecule is C.CCC(O)C(O)C(O)C(CC=O)CC1OC(C(=O)O)C(CC2OC(C(=O)[O-])C(CC3OC(C(=O)[O-])C(OC)C(O)C3O)C(O)C2O)C(O)C1O.CCC1OC(C=O)C(CC2OC(C(=O)NC)C(CC3OC(C(=O)[O-])C(CC4OC(C(=O)[O-])C(OC)C(O)C4O)C(O)C3O)C(O)C2O)C(O)C1O. The van der Waals surface area contributed by atoms with E-state index in [4.69, 9.17) is 42.6 Å². The molecule has 40 nitrogen and oxygen atoms in total. The van der Waals surface area contributed by atoms with E-state index in [0.717, 1.165) is 14.2 Å². The van der Waals surface area contributed by atoms with Gasteiger partial charge in [0.15, 0.2) is 6.10 Å². The molecule has 0 aromatic heterocycles. The lowest BCUT2D eigenvalue weighted by Gasteiger charge is -2.49. The van der Waals surface area contributed by atoms with Gasteiger partial charge in [-0.15, -0.1) is 0 Å². The fraction of sp³-hybridized carbons (Fsp3) is 0.871. The topological polar surface area (TPSA) is 688 Å². The van der Waals surface area contributed by atoms with Crippen LogP contribution in [0.1, 0.15) is 79.1 Å². The van der Waals surface area contributed by atoms with E-state index in [1.165, 1.54) is 14.0 Å². The average Bonchev–Trinajstić information content (AvgIpc) is 0.772. The monoisotopic (exact) mass is 1480 g/mol. The van der Waals surface area contributed by atoms with Crippen molar-refractivity contribution < 1.29 is 193 Å². The van der Waals surface area contributed by atoms with Crippen LogP contribution in [-0.2, 0) is 81.0 Å². The van der Waals surface area contributed by atoms with Gasteiger partial charge in [0, 0.05) is 57.3 Å². The lowest BCUT2D eigenvalue weighted by molar-refractivity contribution is -0.340. The van der Waals surface area contributed by atoms with E-state index >= 15 is 0 Å². The molecule has 1 amide bonds. The summed E-state index contributed by atoms with van der Waals surface area (Å²) in [5, 5.41) is 243. The number of methoxy groups -OCH3 is 2. The lowest BCUT2D eigenvalue weighted by Crippen LogP contribution is -2.65. The highest BCUT2D eigenvalue weighted by atomic mass is 16.6. The quantitative estimate of drug-likeness (QED) is 0.0324. The summed E-state index contributed by atoms with van der Waals surface area (Å²) >= 11 is 0. The zero-order valence-corrected chi connectivity index (χ0v) is 55.2. The Bertz CT molecular complexity index is 2740. The second kappa shape index (κ2) is 38.1. The number of aliphatic hydroxyl groups is 17. The molecule has 588 valence electrons. The Morgan fingerprint density at radius 1 is 0.431 bits per heavy atom. The number of aliphatic carboxylic acids is 5. The Labute approximate surface area is 582 Å². The summed E-state index contributed by atoms with van der Waals surface area (Å²) in [7, 11) is 3.32. The Hall–Kier alpha value is -4.88. The van der Waals surface area contributed by atoms with Crippen molar-refractivity contribution in [3.8, 4) is 0 Å². The summed E-state index contributed by atoms with van der Waals surface area (Å²) in [5.41, 5.74) is 0. The molecule has 39 unspecified atom stereocenters. The maximum atomic E-state index is 13.0. The first-order valence-corrected chi connectivity index (χ1v) is 32.8. The number of carboxylic acids is 5. The smallest absolute Gasteiger partial charge is 0.333 e. The summed E-state index contributed by atoms with van der Waals surface area (Å²) in [6.07, 6.45) is -59.8. The zero-order valence-electron chi connectivity index (χ0n) is 55.2. The molecule has 19 N–H and O–H groups in total. The highest BCUT2D eigenvalue weighted by Gasteiger charge is 2.58. The Morgan fingerprint density at radius 3 is 1.08 bits per heavy atom. The number of carbonyl (C=O) groups excluding carboxylic acids is 7. The highest BCUT2D eigenvalue weighted by molar-refractivity contribution is 5.81. The second-order valence-electron chi connectivity index (χ2n) is 26.6. The van der Waals surface area contributed by atoms with Crippen LogP contribution in [0.25, 0.3) is 0 Å². The summed E-state index contributed by atoms with van der Waals surface area (Å²) in [4.78, 5) is 96.1. The van der Waals surface area contributed by atoms with E-state index in [9.17, 15) is 151 Å². The van der Waals surface area contributed by atoms with Crippen LogP contribution in [0.3, 0.4) is 0 Å². The van der Waals surface area contributed by atoms with Crippen LogP contribution >= 0.6 is 0 Å². The number of carbonyl (C=O) groups is 8. The Kier molecular flexibility index (Phi) is 32.8. The molecule has 7 aliphatic heterocycles. The molecule has 0 spiro atoms. The molecule has 0 radical (unpaired) electrons. The van der Waals surface area contributed by atoms with Gasteiger partial charge in [0.05, 0.1) is 109 Å². The van der Waals surface area contributed by atoms with Crippen molar-refractivity contribution in [2.75, 3.05) is 21.3 Å². The first-order chi connectivity index (χ1) is 47.4. The van der Waals surface area contributed by atoms with Crippen LogP contribution in [0, 0.1) is 35.5 Å². The van der Waals surface area contributed by atoms with Gasteiger partial charge in [0.25, 0.3) is 0 Å². The van der Waals surface area contributed by atoms with Crippen LogP contribution in [0.15, 0.2) is 0 Å². The largest absolute Gasteiger partial charge is 0.547 e. The van der Waals surface area contributed by atoms with Gasteiger partial charge in [0.1, 0.15) is 122 Å². The molecular weight excluding hydrogens is 1380 g/mol. The average molecular weight is 1480 g/mol. The van der Waals surface area contributed by atoms with Crippen molar-refractivity contribution in [1.29, 1.82) is 0 Å². The number of aldehydes is 2. The van der Waals surface area contributed by atoms with Gasteiger partial charge in [-0.2, -0.15) is 0 Å². The van der Waals surface area contributed by atoms with E-state index in [-0.39, 0.29) is 26.7 Å². The van der Waals surface area contributed by atoms with Gasteiger partial charge in [-0.25, -0.2) is 4.79 Å². The van der Waals surface area contributed by atoms with Gasteiger partial charge < -0.3 is 189 Å². The Balaban J connectivity index is 0.000000364. The van der Waals surface area contributed by atoms with Gasteiger partial charge in [-0.1, -0.05) is 21.3 Å². The van der Waals surface area contributed by atoms with Crippen LogP contribution in [0.2, 0.25) is 0 Å². The molecule has 0 aromatic carbocycles. The summed E-state index contributed by atoms with van der Waals surface area (Å²) < 4.78 is 48.6. The molecule has 102 heavy (non-hydrogen) atoms. The first kappa shape index (κ1) is 87.8. The maximum Gasteiger partial charge on any atom is 0.333 e. The molecule has 7 rings (SSSR count). The number of hydrogen-bond donors (Lipinski definition) is 19. The van der Waals surface area contributed by atoms with Crippen LogP contribution in [0.4, 0.5) is 0 Å². The number of likely N-dealkylation sites (N-methyl/N-ethyl adjacent to an activating group) is 1. The number of ether oxygens (including phenoxy) is 9. The van der Waals surface area contributed by atoms with Crippen molar-refractivity contribution in [2.45, 2.75) is 280 Å². The molecule has 40 heteroatoms. The summed E-state index contributed by atoms with van der Waals surface area (Å²) in [5.74, 6) is -18.6. The molecule has 0 saturated carbocycles. The summed E-state index contributed by atoms with van der Waals surface area (Å²) in [6, 6.07) is 0. The Morgan fingerprint density at radius 2 is 0.745 bits per heavy atom. The predicted octanol–water partition coefficient (Wildman–Crippen LogP) is -15.4. The standard InChI is InChI=1S/C31H49NO19.C30H48O20.CH4/c1-4-12-20(37)17(34)9(16(8-33)48-12)5-13-21(38)18(35)10(25(49-13)29(42)32-2)6-14-22(39)19(36)11(26(50-14)30(43)44)7-15-23(40)24(41)27(47-3)28(51-15)31(45)46;1-3-12(32)19(36)16(33)9(4-5-31)6-13-20(37)17(34)10(24(48-13)28(41)42)7-14-21(38)18(35)11(25(49-14)29(43)44)8-15-22(39)23(40)26(47-2)27(50-15)30(45)46;/h8-28,34-41H,4-7H2,1-3H3,(H,32,42)(H,43,44)(H,45,46);5,9-27,32-40H,3-4,6-8H2,1-2H3,(H,41,42)(H,43,44)(H,45,46);1H4/p-4. The van der Waals surface area contributed by atoms with Crippen molar-refractivity contribution in [3.05, 3.63) is 0 Å². The highest BCUT2D eigenvalue weighted by Crippen LogP contribution is 2.43. The predicted molar refractivity (Wildman–Crippen MR) is 319 cm³/mol. The van der Waals surface area contributed by atoms with E-state index in [1.807, 2.05) is 0 Å². The summed E-state index contributed by atoms with van der Waals surface area (Å²) in [6.45, 7) is 3.19. The van der Waals surface area contributed by atoms with E-state index in [1.54, 1.807) is 6.92 Å². The van der Waals surface area contributed by atoms with Crippen molar-refractivity contribution >= 4 is 48.3 Å². The lowest BCUT2D eigenvalue weighted by atomic mass is 9.75. The normalized spacial score (nSPS) is 44.3. The molecule has 39 atom stereocenters. The fourth-order valence-corrected chi connectivity index (χ4v) is 14.9. The molecule has 7 fully saturated rings. The number of amides is 1. The molecule has 0 bridgehead atoms. The van der Waals surface area contributed by atoms with Gasteiger partial charge in [0.2, 0.25) is 5.91 Å². The van der Waals surface area contributed by atoms with Crippen LogP contribution in [-0.4, -0.2) is 363 Å².